The van der Waals surface area contributed by atoms with Crippen molar-refractivity contribution in [3.8, 4) is 5.75 Å². The molecule has 0 amide bonds. The quantitative estimate of drug-likeness (QED) is 0.227. The molecule has 0 aliphatic carbocycles. The summed E-state index contributed by atoms with van der Waals surface area (Å²) in [5.41, 5.74) is -0.437. The van der Waals surface area contributed by atoms with Gasteiger partial charge >= 0.3 is 5.97 Å². The molecule has 0 aromatic heterocycles. The van der Waals surface area contributed by atoms with Crippen molar-refractivity contribution in [2.75, 3.05) is 0 Å². The lowest BCUT2D eigenvalue weighted by molar-refractivity contribution is 0.0694. The molecule has 0 aliphatic heterocycles. The maximum absolute atomic E-state index is 11.7. The fraction of sp³-hybridized carbons (Fsp3) is 0. The maximum atomic E-state index is 11.7. The summed E-state index contributed by atoms with van der Waals surface area (Å²) in [6.07, 6.45) is 0. The zero-order valence-electron chi connectivity index (χ0n) is 16.8. The second-order valence-corrected chi connectivity index (χ2v) is 9.94. The van der Waals surface area contributed by atoms with Gasteiger partial charge in [0.1, 0.15) is 16.1 Å². The number of phenols is 1. The van der Waals surface area contributed by atoms with Gasteiger partial charge in [-0.3, -0.25) is 9.11 Å². The average molecular weight is 502 g/mol. The van der Waals surface area contributed by atoms with Gasteiger partial charge in [0.2, 0.25) is 0 Å². The molecule has 0 saturated carbocycles. The molecule has 0 saturated heterocycles. The molecule has 0 fully saturated rings. The highest BCUT2D eigenvalue weighted by atomic mass is 32.2. The number of benzene rings is 4. The first-order chi connectivity index (χ1) is 15.9. The van der Waals surface area contributed by atoms with Gasteiger partial charge in [-0.1, -0.05) is 30.3 Å². The first kappa shape index (κ1) is 23.3. The maximum Gasteiger partial charge on any atom is 0.339 e. The van der Waals surface area contributed by atoms with Gasteiger partial charge in [-0.25, -0.2) is 4.79 Å². The van der Waals surface area contributed by atoms with Crippen LogP contribution in [0, 0.1) is 0 Å². The summed E-state index contributed by atoms with van der Waals surface area (Å²) in [6.45, 7) is 0. The highest BCUT2D eigenvalue weighted by Gasteiger charge is 2.21. The molecule has 0 bridgehead atoms. The van der Waals surface area contributed by atoms with Crippen molar-refractivity contribution in [1.29, 1.82) is 0 Å². The third-order valence-corrected chi connectivity index (χ3v) is 6.66. The van der Waals surface area contributed by atoms with E-state index in [2.05, 4.69) is 10.2 Å². The summed E-state index contributed by atoms with van der Waals surface area (Å²) in [5.74, 6) is -1.99. The lowest BCUT2D eigenvalue weighted by atomic mass is 10.0. The Morgan fingerprint density at radius 2 is 1.47 bits per heavy atom. The summed E-state index contributed by atoms with van der Waals surface area (Å²) < 4.78 is 65.4. The van der Waals surface area contributed by atoms with Crippen molar-refractivity contribution in [2.45, 2.75) is 9.79 Å². The lowest BCUT2D eigenvalue weighted by Gasteiger charge is -2.08. The molecule has 0 unspecified atom stereocenters. The highest BCUT2D eigenvalue weighted by molar-refractivity contribution is 7.86. The SMILES string of the molecule is O=C(O)c1cc2ccccc2c(N=Nc2ccc3c(S(=O)(=O)O)cc(S(=O)(=O)O)cc3c2)c1O. The standard InChI is InChI=1S/C21H14N2O9S2/c24-20-17(21(25)26)9-11-3-1-2-4-16(11)19(20)23-22-13-5-6-15-12(7-13)8-14(33(27,28)29)10-18(15)34(30,31)32/h1-10,24H,(H,25,26)(H,27,28,29)(H,30,31,32). The third kappa shape index (κ3) is 4.32. The number of carboxylic acid groups (broad SMARTS) is 1. The van der Waals surface area contributed by atoms with Gasteiger partial charge in [-0.15, -0.1) is 5.11 Å². The van der Waals surface area contributed by atoms with Gasteiger partial charge in [0.05, 0.1) is 10.6 Å². The second-order valence-electron chi connectivity index (χ2n) is 7.12. The minimum Gasteiger partial charge on any atom is -0.505 e. The van der Waals surface area contributed by atoms with E-state index in [0.717, 1.165) is 6.07 Å². The number of hydrogen-bond acceptors (Lipinski definition) is 8. The van der Waals surface area contributed by atoms with E-state index in [4.69, 9.17) is 0 Å². The van der Waals surface area contributed by atoms with E-state index in [1.807, 2.05) is 0 Å². The molecular formula is C21H14N2O9S2. The minimum absolute atomic E-state index is 0.00688. The Balaban J connectivity index is 1.91. The molecule has 13 heteroatoms. The van der Waals surface area contributed by atoms with Crippen molar-refractivity contribution in [2.24, 2.45) is 10.2 Å². The number of hydrogen-bond donors (Lipinski definition) is 4. The van der Waals surface area contributed by atoms with E-state index in [1.54, 1.807) is 24.3 Å². The predicted octanol–water partition coefficient (Wildman–Crippen LogP) is 4.31. The summed E-state index contributed by atoms with van der Waals surface area (Å²) in [5, 5.41) is 28.6. The van der Waals surface area contributed by atoms with E-state index < -0.39 is 41.7 Å². The van der Waals surface area contributed by atoms with Gasteiger partial charge in [-0.2, -0.15) is 21.9 Å². The number of carboxylic acids is 1. The van der Waals surface area contributed by atoms with Crippen LogP contribution in [0.3, 0.4) is 0 Å². The average Bonchev–Trinajstić information content (AvgIpc) is 2.75. The minimum atomic E-state index is -4.84. The molecule has 174 valence electrons. The summed E-state index contributed by atoms with van der Waals surface area (Å²) in [6, 6.07) is 13.3. The number of aromatic carboxylic acids is 1. The van der Waals surface area contributed by atoms with Crippen molar-refractivity contribution in [3.05, 3.63) is 66.2 Å². The van der Waals surface area contributed by atoms with Crippen LogP contribution in [0.5, 0.6) is 5.75 Å². The Bertz CT molecular complexity index is 1750. The number of carbonyl (C=O) groups is 1. The molecule has 34 heavy (non-hydrogen) atoms. The molecule has 0 spiro atoms. The number of fused-ring (bicyclic) bond motifs is 2. The topological polar surface area (TPSA) is 191 Å². The van der Waals surface area contributed by atoms with Crippen LogP contribution in [0.4, 0.5) is 11.4 Å². The predicted molar refractivity (Wildman–Crippen MR) is 120 cm³/mol. The van der Waals surface area contributed by atoms with Crippen molar-refractivity contribution in [3.63, 3.8) is 0 Å². The van der Waals surface area contributed by atoms with E-state index in [9.17, 15) is 40.9 Å². The van der Waals surface area contributed by atoms with E-state index >= 15 is 0 Å². The van der Waals surface area contributed by atoms with Crippen LogP contribution >= 0.6 is 0 Å². The number of azo groups is 1. The van der Waals surface area contributed by atoms with Gasteiger partial charge < -0.3 is 10.2 Å². The molecule has 4 aromatic rings. The molecule has 4 N–H and O–H groups in total. The second kappa shape index (κ2) is 8.14. The first-order valence-electron chi connectivity index (χ1n) is 9.29. The van der Waals surface area contributed by atoms with Gasteiger partial charge in [0, 0.05) is 10.8 Å². The molecule has 0 atom stereocenters. The van der Waals surface area contributed by atoms with Crippen LogP contribution in [0.15, 0.2) is 80.7 Å². The lowest BCUT2D eigenvalue weighted by Crippen LogP contribution is -2.04. The summed E-state index contributed by atoms with van der Waals surface area (Å²) in [4.78, 5) is 9.99. The summed E-state index contributed by atoms with van der Waals surface area (Å²) >= 11 is 0. The molecule has 0 aliphatic rings. The van der Waals surface area contributed by atoms with Crippen LogP contribution in [-0.2, 0) is 20.2 Å². The van der Waals surface area contributed by atoms with Gasteiger partial charge in [-0.05, 0) is 41.1 Å². The Hall–Kier alpha value is -3.91. The normalized spacial score (nSPS) is 12.5. The molecule has 11 nitrogen and oxygen atoms in total. The number of aromatic hydroxyl groups is 1. The fourth-order valence-electron chi connectivity index (χ4n) is 3.41. The number of nitrogens with zero attached hydrogens (tertiary/aromatic N) is 2. The van der Waals surface area contributed by atoms with Crippen LogP contribution in [-0.4, -0.2) is 42.1 Å². The third-order valence-electron chi connectivity index (χ3n) is 4.94. The Morgan fingerprint density at radius 3 is 2.12 bits per heavy atom. The molecule has 4 rings (SSSR count). The zero-order valence-corrected chi connectivity index (χ0v) is 18.4. The van der Waals surface area contributed by atoms with Gasteiger partial charge in [0.25, 0.3) is 20.2 Å². The van der Waals surface area contributed by atoms with Crippen LogP contribution in [0.1, 0.15) is 10.4 Å². The molecular weight excluding hydrogens is 488 g/mol. The van der Waals surface area contributed by atoms with E-state index in [-0.39, 0.29) is 27.7 Å². The molecule has 0 heterocycles. The molecule has 0 radical (unpaired) electrons. The van der Waals surface area contributed by atoms with E-state index in [1.165, 1.54) is 24.3 Å². The fourth-order valence-corrected chi connectivity index (χ4v) is 4.77. The van der Waals surface area contributed by atoms with Crippen LogP contribution < -0.4 is 0 Å². The summed E-state index contributed by atoms with van der Waals surface area (Å²) in [7, 11) is -9.65. The van der Waals surface area contributed by atoms with Crippen LogP contribution in [0.25, 0.3) is 21.5 Å². The number of rotatable bonds is 5. The highest BCUT2D eigenvalue weighted by Crippen LogP contribution is 2.39. The zero-order chi connectivity index (χ0) is 24.8. The largest absolute Gasteiger partial charge is 0.505 e. The Labute approximate surface area is 192 Å². The van der Waals surface area contributed by atoms with Crippen molar-refractivity contribution < 1.29 is 40.9 Å². The monoisotopic (exact) mass is 502 g/mol. The van der Waals surface area contributed by atoms with E-state index in [0.29, 0.717) is 16.8 Å². The Morgan fingerprint density at radius 1 is 0.765 bits per heavy atom. The van der Waals surface area contributed by atoms with Gasteiger partial charge in [0.15, 0.2) is 5.75 Å². The first-order valence-corrected chi connectivity index (χ1v) is 12.2. The smallest absolute Gasteiger partial charge is 0.339 e. The molecule has 4 aromatic carbocycles. The van der Waals surface area contributed by atoms with Crippen molar-refractivity contribution >= 4 is 59.1 Å². The van der Waals surface area contributed by atoms with Crippen molar-refractivity contribution in [1.82, 2.24) is 0 Å². The van der Waals surface area contributed by atoms with Crippen LogP contribution in [0.2, 0.25) is 0 Å². The Kier molecular flexibility index (Phi) is 5.57.